The van der Waals surface area contributed by atoms with Crippen molar-refractivity contribution in [1.82, 2.24) is 9.80 Å². The molecule has 0 aromatic rings. The third-order valence-corrected chi connectivity index (χ3v) is 4.39. The van der Waals surface area contributed by atoms with Crippen LogP contribution >= 0.6 is 0 Å². The standard InChI is InChI=1S/C16H28N2O3/c1-11-10-18(14(20)21-15(3,4)5)12(2)9-17(11)13(19)16(6)7-8-16/h11-12H,7-10H2,1-6H3/t11-,12+/m1/s1. The molecule has 5 nitrogen and oxygen atoms in total. The van der Waals surface area contributed by atoms with Crippen LogP contribution in [0, 0.1) is 5.41 Å². The summed E-state index contributed by atoms with van der Waals surface area (Å²) in [6, 6.07) is 0.0287. The van der Waals surface area contributed by atoms with Gasteiger partial charge in [0.25, 0.3) is 0 Å². The van der Waals surface area contributed by atoms with Crippen LogP contribution in [-0.2, 0) is 9.53 Å². The second kappa shape index (κ2) is 5.18. The lowest BCUT2D eigenvalue weighted by molar-refractivity contribution is -0.142. The Morgan fingerprint density at radius 2 is 1.52 bits per heavy atom. The van der Waals surface area contributed by atoms with Gasteiger partial charge in [0.15, 0.2) is 0 Å². The zero-order valence-electron chi connectivity index (χ0n) is 14.1. The first-order chi connectivity index (χ1) is 9.53. The van der Waals surface area contributed by atoms with E-state index >= 15 is 0 Å². The molecule has 0 spiro atoms. The summed E-state index contributed by atoms with van der Waals surface area (Å²) < 4.78 is 5.45. The van der Waals surface area contributed by atoms with E-state index in [0.717, 1.165) is 12.8 Å². The maximum absolute atomic E-state index is 12.5. The van der Waals surface area contributed by atoms with E-state index in [0.29, 0.717) is 13.1 Å². The highest BCUT2D eigenvalue weighted by Gasteiger charge is 2.49. The van der Waals surface area contributed by atoms with Crippen molar-refractivity contribution in [3.63, 3.8) is 0 Å². The summed E-state index contributed by atoms with van der Waals surface area (Å²) in [5, 5.41) is 0. The van der Waals surface area contributed by atoms with Crippen molar-refractivity contribution in [2.45, 2.75) is 72.1 Å². The van der Waals surface area contributed by atoms with E-state index in [1.54, 1.807) is 4.90 Å². The highest BCUT2D eigenvalue weighted by molar-refractivity contribution is 5.85. The van der Waals surface area contributed by atoms with Crippen LogP contribution in [0.4, 0.5) is 4.79 Å². The van der Waals surface area contributed by atoms with Gasteiger partial charge in [-0.05, 0) is 47.5 Å². The second-order valence-electron chi connectivity index (χ2n) is 7.85. The van der Waals surface area contributed by atoms with Gasteiger partial charge in [-0.25, -0.2) is 4.79 Å². The number of hydrogen-bond donors (Lipinski definition) is 0. The van der Waals surface area contributed by atoms with Crippen molar-refractivity contribution in [2.75, 3.05) is 13.1 Å². The largest absolute Gasteiger partial charge is 0.444 e. The lowest BCUT2D eigenvalue weighted by atomic mass is 10.0. The van der Waals surface area contributed by atoms with E-state index in [1.807, 2.05) is 46.4 Å². The van der Waals surface area contributed by atoms with Crippen LogP contribution in [0.1, 0.15) is 54.4 Å². The highest BCUT2D eigenvalue weighted by atomic mass is 16.6. The van der Waals surface area contributed by atoms with E-state index in [2.05, 4.69) is 0 Å². The van der Waals surface area contributed by atoms with Crippen molar-refractivity contribution in [3.8, 4) is 0 Å². The number of piperazine rings is 1. The SMILES string of the molecule is C[C@@H]1CN(C(=O)OC(C)(C)C)[C@@H](C)CN1C(=O)C1(C)CC1. The zero-order chi connectivity index (χ0) is 16.0. The first-order valence-corrected chi connectivity index (χ1v) is 7.84. The number of ether oxygens (including phenoxy) is 1. The summed E-state index contributed by atoms with van der Waals surface area (Å²) in [4.78, 5) is 28.5. The molecule has 1 aliphatic carbocycles. The van der Waals surface area contributed by atoms with Crippen LogP contribution in [0.5, 0.6) is 0 Å². The molecule has 1 aliphatic heterocycles. The maximum Gasteiger partial charge on any atom is 0.410 e. The van der Waals surface area contributed by atoms with Crippen molar-refractivity contribution in [3.05, 3.63) is 0 Å². The quantitative estimate of drug-likeness (QED) is 0.747. The summed E-state index contributed by atoms with van der Waals surface area (Å²) in [6.07, 6.45) is 1.69. The number of carbonyl (C=O) groups excluding carboxylic acids is 2. The highest BCUT2D eigenvalue weighted by Crippen LogP contribution is 2.47. The molecule has 0 aromatic carbocycles. The summed E-state index contributed by atoms with van der Waals surface area (Å²) >= 11 is 0. The minimum Gasteiger partial charge on any atom is -0.444 e. The van der Waals surface area contributed by atoms with Crippen molar-refractivity contribution in [1.29, 1.82) is 0 Å². The topological polar surface area (TPSA) is 49.9 Å². The molecule has 1 saturated heterocycles. The Morgan fingerprint density at radius 3 is 2.00 bits per heavy atom. The fraction of sp³-hybridized carbons (Fsp3) is 0.875. The van der Waals surface area contributed by atoms with Gasteiger partial charge in [-0.2, -0.15) is 0 Å². The van der Waals surface area contributed by atoms with Crippen LogP contribution < -0.4 is 0 Å². The molecule has 2 aliphatic rings. The Kier molecular flexibility index (Phi) is 3.98. The number of rotatable bonds is 1. The lowest BCUT2D eigenvalue weighted by Crippen LogP contribution is -2.61. The average molecular weight is 296 g/mol. The molecule has 2 rings (SSSR count). The molecule has 0 radical (unpaired) electrons. The van der Waals surface area contributed by atoms with Gasteiger partial charge in [0, 0.05) is 30.6 Å². The fourth-order valence-electron chi connectivity index (χ4n) is 2.73. The van der Waals surface area contributed by atoms with E-state index < -0.39 is 5.60 Å². The lowest BCUT2D eigenvalue weighted by Gasteiger charge is -2.45. The normalized spacial score (nSPS) is 28.3. The molecule has 1 heterocycles. The third-order valence-electron chi connectivity index (χ3n) is 4.39. The number of hydrogen-bond acceptors (Lipinski definition) is 3. The van der Waals surface area contributed by atoms with E-state index in [-0.39, 0.29) is 29.5 Å². The molecule has 120 valence electrons. The number of nitrogens with zero attached hydrogens (tertiary/aromatic N) is 2. The predicted octanol–water partition coefficient (Wildman–Crippen LogP) is 2.64. The van der Waals surface area contributed by atoms with Crippen LogP contribution in [-0.4, -0.2) is 52.6 Å². The summed E-state index contributed by atoms with van der Waals surface area (Å²) in [5.41, 5.74) is -0.642. The Balaban J connectivity index is 2.02. The number of amides is 2. The van der Waals surface area contributed by atoms with Crippen molar-refractivity contribution in [2.24, 2.45) is 5.41 Å². The van der Waals surface area contributed by atoms with Crippen LogP contribution in [0.2, 0.25) is 0 Å². The fourth-order valence-corrected chi connectivity index (χ4v) is 2.73. The molecule has 0 unspecified atom stereocenters. The molecule has 0 bridgehead atoms. The minimum absolute atomic E-state index is 0.0117. The maximum atomic E-state index is 12.5. The molecular formula is C16H28N2O3. The van der Waals surface area contributed by atoms with Gasteiger partial charge >= 0.3 is 6.09 Å². The van der Waals surface area contributed by atoms with Gasteiger partial charge in [0.2, 0.25) is 5.91 Å². The average Bonchev–Trinajstić information content (AvgIpc) is 3.08. The van der Waals surface area contributed by atoms with Gasteiger partial charge < -0.3 is 14.5 Å². The Bertz CT molecular complexity index is 437. The van der Waals surface area contributed by atoms with E-state index in [1.165, 1.54) is 0 Å². The molecule has 2 fully saturated rings. The molecule has 0 aromatic heterocycles. The third kappa shape index (κ3) is 3.50. The van der Waals surface area contributed by atoms with E-state index in [9.17, 15) is 9.59 Å². The Hall–Kier alpha value is -1.26. The van der Waals surface area contributed by atoms with Crippen molar-refractivity contribution >= 4 is 12.0 Å². The van der Waals surface area contributed by atoms with Crippen LogP contribution in [0.25, 0.3) is 0 Å². The summed E-state index contributed by atoms with van der Waals surface area (Å²) in [5.74, 6) is 0.241. The smallest absolute Gasteiger partial charge is 0.410 e. The van der Waals surface area contributed by atoms with Gasteiger partial charge in [-0.15, -0.1) is 0 Å². The van der Waals surface area contributed by atoms with Crippen LogP contribution in [0.3, 0.4) is 0 Å². The van der Waals surface area contributed by atoms with Crippen molar-refractivity contribution < 1.29 is 14.3 Å². The first-order valence-electron chi connectivity index (χ1n) is 7.84. The predicted molar refractivity (Wildman–Crippen MR) is 80.9 cm³/mol. The Morgan fingerprint density at radius 1 is 1.05 bits per heavy atom. The molecule has 2 amide bonds. The zero-order valence-corrected chi connectivity index (χ0v) is 14.1. The summed E-state index contributed by atoms with van der Waals surface area (Å²) in [6.45, 7) is 12.8. The molecule has 2 atom stereocenters. The first kappa shape index (κ1) is 16.1. The monoisotopic (exact) mass is 296 g/mol. The molecule has 21 heavy (non-hydrogen) atoms. The van der Waals surface area contributed by atoms with Gasteiger partial charge in [-0.1, -0.05) is 6.92 Å². The minimum atomic E-state index is -0.492. The Labute approximate surface area is 127 Å². The molecule has 0 N–H and O–H groups in total. The number of carbonyl (C=O) groups is 2. The van der Waals surface area contributed by atoms with Gasteiger partial charge in [-0.3, -0.25) is 4.79 Å². The summed E-state index contributed by atoms with van der Waals surface area (Å²) in [7, 11) is 0. The molecule has 1 saturated carbocycles. The molecule has 5 heteroatoms. The van der Waals surface area contributed by atoms with Gasteiger partial charge in [0.1, 0.15) is 5.60 Å². The van der Waals surface area contributed by atoms with Crippen LogP contribution in [0.15, 0.2) is 0 Å². The van der Waals surface area contributed by atoms with E-state index in [4.69, 9.17) is 4.74 Å². The molecular weight excluding hydrogens is 268 g/mol. The van der Waals surface area contributed by atoms with Gasteiger partial charge in [0.05, 0.1) is 0 Å². The second-order valence-corrected chi connectivity index (χ2v) is 7.85.